The summed E-state index contributed by atoms with van der Waals surface area (Å²) in [5, 5.41) is 0. The largest absolute Gasteiger partial charge is 0.375 e. The topological polar surface area (TPSA) is 49.9 Å². The van der Waals surface area contributed by atoms with Crippen LogP contribution < -0.4 is 0 Å². The molecule has 2 amide bonds. The lowest BCUT2D eigenvalue weighted by molar-refractivity contribution is -0.137. The Morgan fingerprint density at radius 3 is 1.71 bits per heavy atom. The molecule has 2 aliphatic rings. The summed E-state index contributed by atoms with van der Waals surface area (Å²) in [6, 6.07) is 0. The third-order valence-electron chi connectivity index (χ3n) is 6.28. The van der Waals surface area contributed by atoms with E-state index < -0.39 is 0 Å². The van der Waals surface area contributed by atoms with E-state index in [2.05, 4.69) is 34.6 Å². The molecule has 2 rings (SSSR count). The van der Waals surface area contributed by atoms with Crippen LogP contribution >= 0.6 is 0 Å². The molecule has 5 heteroatoms. The van der Waals surface area contributed by atoms with Gasteiger partial charge in [0.25, 0.3) is 0 Å². The van der Waals surface area contributed by atoms with E-state index in [1.54, 1.807) is 7.11 Å². The predicted octanol–water partition coefficient (Wildman–Crippen LogP) is 4.45. The van der Waals surface area contributed by atoms with Crippen LogP contribution in [-0.2, 0) is 14.3 Å². The summed E-state index contributed by atoms with van der Waals surface area (Å²) in [6.45, 7) is 19.0. The third kappa shape index (κ3) is 9.90. The lowest BCUT2D eigenvalue weighted by Gasteiger charge is -2.39. The third-order valence-corrected chi connectivity index (χ3v) is 6.28. The van der Waals surface area contributed by atoms with Crippen LogP contribution in [0.1, 0.15) is 74.1 Å². The number of carbonyl (C=O) groups is 2. The number of ether oxygens (including phenoxy) is 1. The fourth-order valence-corrected chi connectivity index (χ4v) is 3.33. The average Bonchev–Trinajstić information content (AvgIpc) is 2.69. The second-order valence-electron chi connectivity index (χ2n) is 9.15. The molecule has 0 spiro atoms. The second-order valence-corrected chi connectivity index (χ2v) is 9.15. The first-order valence-electron chi connectivity index (χ1n) is 11.1. The first-order chi connectivity index (χ1) is 13.2. The highest BCUT2D eigenvalue weighted by molar-refractivity contribution is 5.77. The number of nitrogens with zero attached hydrogens (tertiary/aromatic N) is 2. The SMILES string of the molecule is CC.CC(C)C(C)(C)C.COCC(=O)N1CCC(C2CCN(C=O)CC2)CC1. The van der Waals surface area contributed by atoms with Crippen LogP contribution in [0.3, 0.4) is 0 Å². The van der Waals surface area contributed by atoms with Crippen LogP contribution in [0.15, 0.2) is 0 Å². The first-order valence-corrected chi connectivity index (χ1v) is 11.1. The Morgan fingerprint density at radius 1 is 1.00 bits per heavy atom. The molecule has 0 aromatic carbocycles. The molecule has 5 nitrogen and oxygen atoms in total. The molecule has 2 heterocycles. The van der Waals surface area contributed by atoms with Gasteiger partial charge in [0, 0.05) is 33.3 Å². The molecular formula is C23H46N2O3. The molecular weight excluding hydrogens is 352 g/mol. The monoisotopic (exact) mass is 398 g/mol. The molecule has 166 valence electrons. The van der Waals surface area contributed by atoms with Crippen LogP contribution in [0.25, 0.3) is 0 Å². The standard InChI is InChI=1S/C14H24N2O3.C7H16.C2H6/c1-19-10-14(18)16-8-4-13(5-9-16)12-2-6-15(11-17)7-3-12;1-6(2)7(3,4)5;1-2/h11-13H,2-10H2,1H3;6H,1-5H3;1-2H3. The lowest BCUT2D eigenvalue weighted by Crippen LogP contribution is -2.43. The van der Waals surface area contributed by atoms with Gasteiger partial charge in [0.15, 0.2) is 0 Å². The molecule has 28 heavy (non-hydrogen) atoms. The minimum absolute atomic E-state index is 0.108. The number of likely N-dealkylation sites (tertiary alicyclic amines) is 2. The van der Waals surface area contributed by atoms with E-state index in [-0.39, 0.29) is 12.5 Å². The number of amides is 2. The highest BCUT2D eigenvalue weighted by Gasteiger charge is 2.30. The van der Waals surface area contributed by atoms with Crippen molar-refractivity contribution in [2.75, 3.05) is 39.9 Å². The molecule has 0 aromatic heterocycles. The molecule has 0 unspecified atom stereocenters. The maximum absolute atomic E-state index is 11.7. The van der Waals surface area contributed by atoms with Crippen molar-refractivity contribution in [3.05, 3.63) is 0 Å². The van der Waals surface area contributed by atoms with Crippen molar-refractivity contribution < 1.29 is 14.3 Å². The van der Waals surface area contributed by atoms with E-state index in [1.165, 1.54) is 0 Å². The number of hydrogen-bond acceptors (Lipinski definition) is 3. The molecule has 2 aliphatic heterocycles. The van der Waals surface area contributed by atoms with Crippen molar-refractivity contribution in [2.24, 2.45) is 23.2 Å². The summed E-state index contributed by atoms with van der Waals surface area (Å²) >= 11 is 0. The number of hydrogen-bond donors (Lipinski definition) is 0. The number of rotatable bonds is 4. The summed E-state index contributed by atoms with van der Waals surface area (Å²) < 4.78 is 4.89. The molecule has 0 radical (unpaired) electrons. The van der Waals surface area contributed by atoms with E-state index in [4.69, 9.17) is 4.74 Å². The van der Waals surface area contributed by atoms with Crippen molar-refractivity contribution in [3.8, 4) is 0 Å². The summed E-state index contributed by atoms with van der Waals surface area (Å²) in [4.78, 5) is 26.2. The molecule has 0 atom stereocenters. The Balaban J connectivity index is 0.000000688. The Hall–Kier alpha value is -1.10. The Morgan fingerprint density at radius 2 is 1.39 bits per heavy atom. The van der Waals surface area contributed by atoms with E-state index in [0.717, 1.165) is 76.0 Å². The molecule has 0 aromatic rings. The Kier molecular flexibility index (Phi) is 13.4. The quantitative estimate of drug-likeness (QED) is 0.657. The van der Waals surface area contributed by atoms with Gasteiger partial charge in [-0.25, -0.2) is 0 Å². The zero-order valence-electron chi connectivity index (χ0n) is 19.8. The van der Waals surface area contributed by atoms with E-state index >= 15 is 0 Å². The Labute approximate surface area is 174 Å². The molecule has 0 aliphatic carbocycles. The molecule has 0 N–H and O–H groups in total. The van der Waals surface area contributed by atoms with E-state index in [0.29, 0.717) is 5.41 Å². The van der Waals surface area contributed by atoms with Gasteiger partial charge in [0.05, 0.1) is 0 Å². The minimum atomic E-state index is 0.108. The van der Waals surface area contributed by atoms with Gasteiger partial charge in [0.2, 0.25) is 12.3 Å². The molecule has 0 bridgehead atoms. The van der Waals surface area contributed by atoms with Crippen LogP contribution in [0.4, 0.5) is 0 Å². The number of carbonyl (C=O) groups excluding carboxylic acids is 2. The van der Waals surface area contributed by atoms with Crippen molar-refractivity contribution in [1.82, 2.24) is 9.80 Å². The van der Waals surface area contributed by atoms with Crippen LogP contribution in [-0.4, -0.2) is 62.0 Å². The minimum Gasteiger partial charge on any atom is -0.375 e. The van der Waals surface area contributed by atoms with Gasteiger partial charge in [-0.2, -0.15) is 0 Å². The average molecular weight is 399 g/mol. The van der Waals surface area contributed by atoms with Crippen molar-refractivity contribution in [2.45, 2.75) is 74.1 Å². The maximum Gasteiger partial charge on any atom is 0.248 e. The van der Waals surface area contributed by atoms with Gasteiger partial charge in [0.1, 0.15) is 6.61 Å². The van der Waals surface area contributed by atoms with E-state index in [1.807, 2.05) is 23.6 Å². The normalized spacial score (nSPS) is 18.8. The van der Waals surface area contributed by atoms with Gasteiger partial charge in [-0.1, -0.05) is 48.5 Å². The fourth-order valence-electron chi connectivity index (χ4n) is 3.33. The maximum atomic E-state index is 11.7. The number of piperidine rings is 2. The molecule has 2 saturated heterocycles. The number of methoxy groups -OCH3 is 1. The lowest BCUT2D eigenvalue weighted by atomic mass is 9.79. The van der Waals surface area contributed by atoms with Crippen LogP contribution in [0, 0.1) is 23.2 Å². The van der Waals surface area contributed by atoms with Crippen molar-refractivity contribution >= 4 is 12.3 Å². The highest BCUT2D eigenvalue weighted by Crippen LogP contribution is 2.32. The van der Waals surface area contributed by atoms with Crippen LogP contribution in [0.2, 0.25) is 0 Å². The van der Waals surface area contributed by atoms with Crippen molar-refractivity contribution in [3.63, 3.8) is 0 Å². The molecule has 0 saturated carbocycles. The summed E-state index contributed by atoms with van der Waals surface area (Å²) in [5.41, 5.74) is 0.500. The second kappa shape index (κ2) is 14.0. The fraction of sp³-hybridized carbons (Fsp3) is 0.913. The van der Waals surface area contributed by atoms with E-state index in [9.17, 15) is 9.59 Å². The summed E-state index contributed by atoms with van der Waals surface area (Å²) in [6.07, 6.45) is 5.40. The zero-order chi connectivity index (χ0) is 21.7. The van der Waals surface area contributed by atoms with Gasteiger partial charge in [-0.05, 0) is 48.9 Å². The van der Waals surface area contributed by atoms with Gasteiger partial charge in [-0.15, -0.1) is 0 Å². The summed E-state index contributed by atoms with van der Waals surface area (Å²) in [7, 11) is 1.56. The summed E-state index contributed by atoms with van der Waals surface area (Å²) in [5.74, 6) is 2.36. The zero-order valence-corrected chi connectivity index (χ0v) is 19.8. The van der Waals surface area contributed by atoms with Gasteiger partial charge < -0.3 is 14.5 Å². The Bertz CT molecular complexity index is 416. The first kappa shape index (κ1) is 26.9. The highest BCUT2D eigenvalue weighted by atomic mass is 16.5. The van der Waals surface area contributed by atoms with Crippen LogP contribution in [0.5, 0.6) is 0 Å². The van der Waals surface area contributed by atoms with Crippen molar-refractivity contribution in [1.29, 1.82) is 0 Å². The predicted molar refractivity (Wildman–Crippen MR) is 117 cm³/mol. The molecule has 2 fully saturated rings. The van der Waals surface area contributed by atoms with Gasteiger partial charge in [-0.3, -0.25) is 9.59 Å². The van der Waals surface area contributed by atoms with Gasteiger partial charge >= 0.3 is 0 Å². The smallest absolute Gasteiger partial charge is 0.248 e.